The summed E-state index contributed by atoms with van der Waals surface area (Å²) in [5.41, 5.74) is -3.31. The van der Waals surface area contributed by atoms with Gasteiger partial charge < -0.3 is 5.32 Å². The van der Waals surface area contributed by atoms with Crippen LogP contribution >= 0.6 is 0 Å². The lowest BCUT2D eigenvalue weighted by molar-refractivity contribution is -0.137. The summed E-state index contributed by atoms with van der Waals surface area (Å²) in [5.74, 6) is -1.02. The molecule has 0 aromatic heterocycles. The van der Waals surface area contributed by atoms with Crippen LogP contribution in [-0.4, -0.2) is 31.8 Å². The van der Waals surface area contributed by atoms with E-state index in [9.17, 15) is 39.6 Å². The van der Waals surface area contributed by atoms with Crippen LogP contribution in [0.1, 0.15) is 42.1 Å². The Balaban J connectivity index is 2.26. The molecular weight excluding hydrogens is 426 g/mol. The molecule has 1 aliphatic carbocycles. The molecule has 1 fully saturated rings. The summed E-state index contributed by atoms with van der Waals surface area (Å²) >= 11 is 0. The molecule has 0 bridgehead atoms. The maximum absolute atomic E-state index is 13.0. The van der Waals surface area contributed by atoms with E-state index in [1.54, 1.807) is 0 Å². The number of hydrogen-bond acceptors (Lipinski definition) is 3. The monoisotopic (exact) mass is 444 g/mol. The zero-order valence-electron chi connectivity index (χ0n) is 15.2. The molecule has 2 N–H and O–H groups in total. The number of carbonyl (C=O) groups is 1. The minimum absolute atomic E-state index is 0.308. The third-order valence-electron chi connectivity index (χ3n) is 4.55. The molecule has 162 valence electrons. The predicted octanol–water partition coefficient (Wildman–Crippen LogP) is 4.24. The minimum Gasteiger partial charge on any atom is -0.352 e. The second-order valence-corrected chi connectivity index (χ2v) is 9.12. The third kappa shape index (κ3) is 5.43. The Kier molecular flexibility index (Phi) is 5.99. The fourth-order valence-electron chi connectivity index (χ4n) is 2.28. The average molecular weight is 444 g/mol. The van der Waals surface area contributed by atoms with Crippen LogP contribution in [0.3, 0.4) is 0 Å². The van der Waals surface area contributed by atoms with Crippen LogP contribution in [0.15, 0.2) is 30.4 Å². The first-order valence-corrected chi connectivity index (χ1v) is 9.82. The van der Waals surface area contributed by atoms with Gasteiger partial charge in [-0.05, 0) is 44.4 Å². The highest BCUT2D eigenvalue weighted by atomic mass is 32.2. The Hall–Kier alpha value is -2.24. The third-order valence-corrected chi connectivity index (χ3v) is 6.75. The molecule has 0 heterocycles. The van der Waals surface area contributed by atoms with Gasteiger partial charge in [0.15, 0.2) is 0 Å². The van der Waals surface area contributed by atoms with E-state index in [-0.39, 0.29) is 0 Å². The van der Waals surface area contributed by atoms with Crippen molar-refractivity contribution in [3.05, 3.63) is 41.5 Å². The van der Waals surface area contributed by atoms with Crippen LogP contribution in [-0.2, 0) is 16.2 Å². The van der Waals surface area contributed by atoms with E-state index in [2.05, 4.69) is 11.9 Å². The van der Waals surface area contributed by atoms with Crippen molar-refractivity contribution in [3.63, 3.8) is 0 Å². The first-order chi connectivity index (χ1) is 13.1. The maximum Gasteiger partial charge on any atom is 0.416 e. The molecule has 1 amide bonds. The summed E-state index contributed by atoms with van der Waals surface area (Å²) < 4.78 is 102. The molecule has 1 saturated carbocycles. The topological polar surface area (TPSA) is 75.3 Å². The number of benzene rings is 1. The van der Waals surface area contributed by atoms with Gasteiger partial charge in [-0.25, -0.2) is 8.42 Å². The van der Waals surface area contributed by atoms with Crippen molar-refractivity contribution in [1.82, 2.24) is 5.32 Å². The molecule has 5 nitrogen and oxygen atoms in total. The Morgan fingerprint density at radius 1 is 1.17 bits per heavy atom. The van der Waals surface area contributed by atoms with Gasteiger partial charge in [0.2, 0.25) is 10.0 Å². The number of alkyl halides is 6. The van der Waals surface area contributed by atoms with Gasteiger partial charge in [0, 0.05) is 12.1 Å². The van der Waals surface area contributed by atoms with Crippen molar-refractivity contribution in [2.24, 2.45) is 0 Å². The van der Waals surface area contributed by atoms with Crippen LogP contribution in [0.5, 0.6) is 0 Å². The summed E-state index contributed by atoms with van der Waals surface area (Å²) in [7, 11) is -4.07. The molecule has 1 aromatic rings. The molecule has 2 rings (SSSR count). The van der Waals surface area contributed by atoms with E-state index < -0.39 is 68.4 Å². The lowest BCUT2D eigenvalue weighted by atomic mass is 10.1. The minimum atomic E-state index is -4.79. The van der Waals surface area contributed by atoms with Crippen molar-refractivity contribution >= 4 is 21.6 Å². The SMILES string of the molecule is C=C(CCNC(=O)c1ccc(C(F)(F)F)cc1NS(=O)(=O)C1(C)CC1)C(F)(F)F. The molecular formula is C17H18F6N2O3S. The second-order valence-electron chi connectivity index (χ2n) is 6.92. The Bertz CT molecular complexity index is 918. The number of carbonyl (C=O) groups excluding carboxylic acids is 1. The molecule has 0 saturated heterocycles. The molecule has 0 radical (unpaired) electrons. The van der Waals surface area contributed by atoms with Gasteiger partial charge in [0.1, 0.15) is 0 Å². The number of amides is 1. The standard InChI is InChI=1S/C17H18F6N2O3S/c1-10(16(18,19)20)5-8-24-14(26)12-4-3-11(17(21,22)23)9-13(12)25-29(27,28)15(2)6-7-15/h3-4,9,25H,1,5-8H2,2H3,(H,24,26). The van der Waals surface area contributed by atoms with Crippen LogP contribution in [0.25, 0.3) is 0 Å². The van der Waals surface area contributed by atoms with Crippen LogP contribution in [0, 0.1) is 0 Å². The average Bonchev–Trinajstić information content (AvgIpc) is 3.32. The highest BCUT2D eigenvalue weighted by Crippen LogP contribution is 2.44. The normalized spacial score (nSPS) is 16.2. The Morgan fingerprint density at radius 3 is 2.24 bits per heavy atom. The number of hydrogen-bond donors (Lipinski definition) is 2. The van der Waals surface area contributed by atoms with E-state index in [0.29, 0.717) is 25.0 Å². The fraction of sp³-hybridized carbons (Fsp3) is 0.471. The second kappa shape index (κ2) is 7.54. The Labute approximate surface area is 163 Å². The summed E-state index contributed by atoms with van der Waals surface area (Å²) in [6.45, 7) is 3.77. The van der Waals surface area contributed by atoms with Crippen molar-refractivity contribution in [2.75, 3.05) is 11.3 Å². The number of sulfonamides is 1. The van der Waals surface area contributed by atoms with Crippen LogP contribution in [0.2, 0.25) is 0 Å². The largest absolute Gasteiger partial charge is 0.416 e. The van der Waals surface area contributed by atoms with Gasteiger partial charge in [-0.1, -0.05) is 6.58 Å². The first-order valence-electron chi connectivity index (χ1n) is 8.34. The van der Waals surface area contributed by atoms with Crippen molar-refractivity contribution in [3.8, 4) is 0 Å². The molecule has 12 heteroatoms. The smallest absolute Gasteiger partial charge is 0.352 e. The van der Waals surface area contributed by atoms with Gasteiger partial charge in [0.25, 0.3) is 5.91 Å². The molecule has 29 heavy (non-hydrogen) atoms. The number of nitrogens with one attached hydrogen (secondary N) is 2. The highest BCUT2D eigenvalue weighted by Gasteiger charge is 2.50. The highest BCUT2D eigenvalue weighted by molar-refractivity contribution is 7.94. The maximum atomic E-state index is 13.0. The summed E-state index contributed by atoms with van der Waals surface area (Å²) in [6, 6.07) is 1.83. The van der Waals surface area contributed by atoms with Gasteiger partial charge in [-0.3, -0.25) is 9.52 Å². The lowest BCUT2D eigenvalue weighted by Gasteiger charge is -2.18. The van der Waals surface area contributed by atoms with E-state index in [1.165, 1.54) is 6.92 Å². The number of halogens is 6. The van der Waals surface area contributed by atoms with Crippen LogP contribution in [0.4, 0.5) is 32.0 Å². The molecule has 0 aliphatic heterocycles. The fourth-order valence-corrected chi connectivity index (χ4v) is 3.62. The number of rotatable bonds is 7. The van der Waals surface area contributed by atoms with Crippen molar-refractivity contribution in [2.45, 2.75) is 43.3 Å². The molecule has 0 atom stereocenters. The molecule has 1 aliphatic rings. The molecule has 0 unspecified atom stereocenters. The molecule has 1 aromatic carbocycles. The van der Waals surface area contributed by atoms with E-state index >= 15 is 0 Å². The first kappa shape index (κ1) is 23.0. The van der Waals surface area contributed by atoms with Crippen molar-refractivity contribution < 1.29 is 39.6 Å². The molecule has 0 spiro atoms. The Morgan fingerprint density at radius 2 is 1.76 bits per heavy atom. The van der Waals surface area contributed by atoms with E-state index in [0.717, 1.165) is 6.07 Å². The summed E-state index contributed by atoms with van der Waals surface area (Å²) in [4.78, 5) is 12.3. The lowest BCUT2D eigenvalue weighted by Crippen LogP contribution is -2.30. The van der Waals surface area contributed by atoms with E-state index in [4.69, 9.17) is 0 Å². The summed E-state index contributed by atoms with van der Waals surface area (Å²) in [5, 5.41) is 2.12. The van der Waals surface area contributed by atoms with Crippen LogP contribution < -0.4 is 10.0 Å². The van der Waals surface area contributed by atoms with E-state index in [1.807, 2.05) is 4.72 Å². The van der Waals surface area contributed by atoms with Crippen molar-refractivity contribution in [1.29, 1.82) is 0 Å². The quantitative estimate of drug-likeness (QED) is 0.488. The van der Waals surface area contributed by atoms with Gasteiger partial charge in [-0.2, -0.15) is 26.3 Å². The van der Waals surface area contributed by atoms with Gasteiger partial charge >= 0.3 is 12.4 Å². The van der Waals surface area contributed by atoms with Gasteiger partial charge in [0.05, 0.1) is 21.6 Å². The zero-order chi connectivity index (χ0) is 22.3. The summed E-state index contributed by atoms with van der Waals surface area (Å²) in [6.07, 6.45) is -9.44. The van der Waals surface area contributed by atoms with Gasteiger partial charge in [-0.15, -0.1) is 0 Å². The number of anilines is 1. The zero-order valence-corrected chi connectivity index (χ0v) is 16.0. The predicted molar refractivity (Wildman–Crippen MR) is 93.8 cm³/mol.